The third-order valence-corrected chi connectivity index (χ3v) is 10.1. The standard InChI is InChI=1S/2C16H16O3.2C8H10N4O2/c2*1-18-15-9-13(10-16(11-15)19-2)4-3-12-5-7-14(17)8-6-12;2*1-10-4-9-6-5(10)7(13)12(3)8(14)11(6)2/h2*3-11,17H,1-2H3;2*4H,1-3H3/b2*4-3+;;. The first-order chi connectivity index (χ1) is 31.5. The van der Waals surface area contributed by atoms with Crippen molar-refractivity contribution >= 4 is 46.6 Å². The van der Waals surface area contributed by atoms with E-state index >= 15 is 0 Å². The molecule has 4 heterocycles. The van der Waals surface area contributed by atoms with Crippen molar-refractivity contribution in [2.45, 2.75) is 0 Å². The van der Waals surface area contributed by atoms with Gasteiger partial charge in [0.15, 0.2) is 22.3 Å². The summed E-state index contributed by atoms with van der Waals surface area (Å²) in [5.74, 6) is 3.55. The summed E-state index contributed by atoms with van der Waals surface area (Å²) in [4.78, 5) is 54.3. The summed E-state index contributed by atoms with van der Waals surface area (Å²) in [7, 11) is 16.1. The van der Waals surface area contributed by atoms with Crippen molar-refractivity contribution in [2.24, 2.45) is 42.3 Å². The molecule has 0 saturated carbocycles. The molecule has 0 saturated heterocycles. The van der Waals surface area contributed by atoms with E-state index < -0.39 is 0 Å². The van der Waals surface area contributed by atoms with Crippen molar-refractivity contribution < 1.29 is 29.2 Å². The molecule has 0 atom stereocenters. The first-order valence-electron chi connectivity index (χ1n) is 20.0. The summed E-state index contributed by atoms with van der Waals surface area (Å²) in [6.45, 7) is 0. The molecule has 344 valence electrons. The second-order valence-electron chi connectivity index (χ2n) is 14.6. The number of imidazole rings is 2. The minimum absolute atomic E-state index is 0.264. The Kier molecular flexibility index (Phi) is 15.9. The van der Waals surface area contributed by atoms with Crippen LogP contribution in [0.3, 0.4) is 0 Å². The van der Waals surface area contributed by atoms with Gasteiger partial charge in [-0.25, -0.2) is 19.6 Å². The predicted octanol–water partition coefficient (Wildman–Crippen LogP) is 5.10. The van der Waals surface area contributed by atoms with Gasteiger partial charge in [-0.15, -0.1) is 0 Å². The van der Waals surface area contributed by atoms with Crippen LogP contribution >= 0.6 is 0 Å². The normalized spacial score (nSPS) is 10.8. The van der Waals surface area contributed by atoms with E-state index in [9.17, 15) is 29.4 Å². The zero-order valence-corrected chi connectivity index (χ0v) is 38.3. The average Bonchev–Trinajstić information content (AvgIpc) is 3.93. The molecule has 18 heteroatoms. The molecule has 8 rings (SSSR count). The summed E-state index contributed by atoms with van der Waals surface area (Å²) in [5, 5.41) is 18.4. The third-order valence-electron chi connectivity index (χ3n) is 10.1. The van der Waals surface area contributed by atoms with Crippen LogP contribution in [0, 0.1) is 0 Å². The van der Waals surface area contributed by atoms with Crippen LogP contribution in [0.25, 0.3) is 46.6 Å². The monoisotopic (exact) mass is 900 g/mol. The lowest BCUT2D eigenvalue weighted by atomic mass is 10.1. The lowest BCUT2D eigenvalue weighted by Gasteiger charge is -2.05. The van der Waals surface area contributed by atoms with E-state index in [4.69, 9.17) is 18.9 Å². The molecule has 4 aromatic carbocycles. The van der Waals surface area contributed by atoms with Gasteiger partial charge in [-0.05, 0) is 70.8 Å². The Hall–Kier alpha value is -8.54. The number of fused-ring (bicyclic) bond motifs is 2. The number of ether oxygens (including phenoxy) is 4. The van der Waals surface area contributed by atoms with E-state index in [1.165, 1.54) is 35.9 Å². The molecule has 0 aliphatic heterocycles. The van der Waals surface area contributed by atoms with Crippen LogP contribution in [0.2, 0.25) is 0 Å². The molecular weight excluding hydrogens is 849 g/mol. The maximum Gasteiger partial charge on any atom is 0.332 e. The molecule has 0 unspecified atom stereocenters. The van der Waals surface area contributed by atoms with Crippen LogP contribution < -0.4 is 41.4 Å². The largest absolute Gasteiger partial charge is 0.508 e. The van der Waals surface area contributed by atoms with Gasteiger partial charge in [0.1, 0.15) is 34.5 Å². The molecule has 0 bridgehead atoms. The zero-order valence-electron chi connectivity index (χ0n) is 38.3. The van der Waals surface area contributed by atoms with Crippen molar-refractivity contribution in [3.8, 4) is 34.5 Å². The minimum Gasteiger partial charge on any atom is -0.508 e. The first-order valence-corrected chi connectivity index (χ1v) is 20.0. The van der Waals surface area contributed by atoms with Crippen molar-refractivity contribution in [1.82, 2.24) is 37.4 Å². The maximum absolute atomic E-state index is 11.7. The summed E-state index contributed by atoms with van der Waals surface area (Å²) >= 11 is 0. The molecule has 2 N–H and O–H groups in total. The highest BCUT2D eigenvalue weighted by molar-refractivity contribution is 5.73. The number of phenolic OH excluding ortho intramolecular Hbond substituents is 2. The molecule has 0 fully saturated rings. The number of methoxy groups -OCH3 is 4. The number of aromatic hydroxyl groups is 2. The molecule has 0 aliphatic rings. The fourth-order valence-corrected chi connectivity index (χ4v) is 6.35. The second-order valence-corrected chi connectivity index (χ2v) is 14.6. The average molecular weight is 901 g/mol. The van der Waals surface area contributed by atoms with E-state index in [2.05, 4.69) is 9.97 Å². The van der Waals surface area contributed by atoms with Gasteiger partial charge in [0.25, 0.3) is 11.1 Å². The number of aromatic nitrogens is 8. The second kappa shape index (κ2) is 21.7. The predicted molar refractivity (Wildman–Crippen MR) is 256 cm³/mol. The topological polar surface area (TPSA) is 201 Å². The summed E-state index contributed by atoms with van der Waals surface area (Å²) in [6, 6.07) is 25.4. The van der Waals surface area contributed by atoms with Gasteiger partial charge < -0.3 is 38.3 Å². The molecule has 0 aliphatic carbocycles. The molecule has 0 amide bonds. The van der Waals surface area contributed by atoms with Gasteiger partial charge in [-0.3, -0.25) is 27.9 Å². The van der Waals surface area contributed by atoms with E-state index in [1.807, 2.05) is 85.0 Å². The molecule has 4 aromatic heterocycles. The third kappa shape index (κ3) is 11.5. The molecule has 0 radical (unpaired) electrons. The van der Waals surface area contributed by atoms with Gasteiger partial charge >= 0.3 is 11.4 Å². The molecule has 8 aromatic rings. The Morgan fingerprint density at radius 2 is 0.712 bits per heavy atom. The van der Waals surface area contributed by atoms with Crippen LogP contribution in [0.1, 0.15) is 22.3 Å². The van der Waals surface area contributed by atoms with Gasteiger partial charge in [-0.1, -0.05) is 48.6 Å². The van der Waals surface area contributed by atoms with E-state index in [-0.39, 0.29) is 34.0 Å². The van der Waals surface area contributed by atoms with Gasteiger partial charge in [-0.2, -0.15) is 0 Å². The minimum atomic E-state index is -0.360. The fraction of sp³-hybridized carbons (Fsp3) is 0.208. The van der Waals surface area contributed by atoms with Crippen molar-refractivity contribution in [1.29, 1.82) is 0 Å². The lowest BCUT2D eigenvalue weighted by Crippen LogP contribution is -2.37. The summed E-state index contributed by atoms with van der Waals surface area (Å²) in [6.07, 6.45) is 10.9. The number of benzene rings is 4. The van der Waals surface area contributed by atoms with Crippen LogP contribution in [-0.2, 0) is 42.3 Å². The Morgan fingerprint density at radius 3 is 1.00 bits per heavy atom. The van der Waals surface area contributed by atoms with Gasteiger partial charge in [0.2, 0.25) is 0 Å². The van der Waals surface area contributed by atoms with Crippen LogP contribution in [0.5, 0.6) is 34.5 Å². The number of hydrogen-bond donors (Lipinski definition) is 2. The highest BCUT2D eigenvalue weighted by Gasteiger charge is 2.13. The van der Waals surface area contributed by atoms with Gasteiger partial charge in [0, 0.05) is 54.4 Å². The number of aryl methyl sites for hydroxylation is 4. The Morgan fingerprint density at radius 1 is 0.424 bits per heavy atom. The number of nitrogens with zero attached hydrogens (tertiary/aromatic N) is 8. The first kappa shape index (κ1) is 48.5. The zero-order chi connectivity index (χ0) is 48.2. The van der Waals surface area contributed by atoms with Crippen LogP contribution in [0.4, 0.5) is 0 Å². The SMILES string of the molecule is COc1cc(/C=C/c2ccc(O)cc2)cc(OC)c1.COc1cc(/C=C/c2ccc(O)cc2)cc(OC)c1.Cn1c(=O)c2c(ncn2C)n(C)c1=O.Cn1c(=O)c2c(ncn2C)n(C)c1=O. The number of hydrogen-bond acceptors (Lipinski definition) is 12. The maximum atomic E-state index is 11.7. The molecule has 66 heavy (non-hydrogen) atoms. The Balaban J connectivity index is 0.000000167. The van der Waals surface area contributed by atoms with E-state index in [1.54, 1.807) is 90.0 Å². The summed E-state index contributed by atoms with van der Waals surface area (Å²) in [5.41, 5.74) is 4.37. The number of rotatable bonds is 8. The van der Waals surface area contributed by atoms with Crippen molar-refractivity contribution in [2.75, 3.05) is 28.4 Å². The van der Waals surface area contributed by atoms with Crippen LogP contribution in [-0.4, -0.2) is 76.0 Å². The Bertz CT molecular complexity index is 3000. The highest BCUT2D eigenvalue weighted by Crippen LogP contribution is 2.25. The molecule has 0 spiro atoms. The van der Waals surface area contributed by atoms with Gasteiger partial charge in [0.05, 0.1) is 41.1 Å². The number of phenols is 2. The highest BCUT2D eigenvalue weighted by atomic mass is 16.5. The fourth-order valence-electron chi connectivity index (χ4n) is 6.35. The summed E-state index contributed by atoms with van der Waals surface area (Å²) < 4.78 is 29.0. The van der Waals surface area contributed by atoms with E-state index in [0.29, 0.717) is 22.3 Å². The Labute approximate surface area is 379 Å². The van der Waals surface area contributed by atoms with E-state index in [0.717, 1.165) is 54.4 Å². The molecular formula is C48H52N8O10. The van der Waals surface area contributed by atoms with Crippen LogP contribution in [0.15, 0.2) is 117 Å². The lowest BCUT2D eigenvalue weighted by molar-refractivity contribution is 0.394. The van der Waals surface area contributed by atoms with Crippen molar-refractivity contribution in [3.63, 3.8) is 0 Å². The smallest absolute Gasteiger partial charge is 0.332 e. The molecule has 18 nitrogen and oxygen atoms in total. The van der Waals surface area contributed by atoms with Crippen molar-refractivity contribution in [3.05, 3.63) is 162 Å². The quantitative estimate of drug-likeness (QED) is 0.192.